The number of nitrogens with one attached hydrogen (secondary N) is 1. The first-order valence-corrected chi connectivity index (χ1v) is 12.1. The van der Waals surface area contributed by atoms with Crippen molar-refractivity contribution in [1.82, 2.24) is 30.1 Å². The van der Waals surface area contributed by atoms with Gasteiger partial charge in [-0.3, -0.25) is 9.88 Å². The van der Waals surface area contributed by atoms with Crippen LogP contribution in [-0.2, 0) is 11.3 Å². The van der Waals surface area contributed by atoms with Gasteiger partial charge in [-0.2, -0.15) is 5.26 Å². The molecule has 0 radical (unpaired) electrons. The fourth-order valence-electron chi connectivity index (χ4n) is 4.26. The van der Waals surface area contributed by atoms with Gasteiger partial charge in [0.15, 0.2) is 11.5 Å². The van der Waals surface area contributed by atoms with E-state index < -0.39 is 0 Å². The lowest BCUT2D eigenvalue weighted by Crippen LogP contribution is -2.37. The van der Waals surface area contributed by atoms with Crippen molar-refractivity contribution in [2.75, 3.05) is 51.9 Å². The summed E-state index contributed by atoms with van der Waals surface area (Å²) in [7, 11) is 1.61. The van der Waals surface area contributed by atoms with Crippen molar-refractivity contribution in [1.29, 1.82) is 5.26 Å². The van der Waals surface area contributed by atoms with E-state index in [1.165, 1.54) is 0 Å². The standard InChI is InChI=1S/C26H28N8O3/c1-35-24-13-22-23(14-25(24)37-10-2-7-33-8-11-36-12-9-33)28-16-20(15-27)26(22)30-21-5-3-19(4-6-21)17-34-18-29-31-32-34/h3-6,13-14,16,18H,2,7-12,17H2,1H3,(H,28,30). The lowest BCUT2D eigenvalue weighted by atomic mass is 10.1. The Hall–Kier alpha value is -4.27. The highest BCUT2D eigenvalue weighted by molar-refractivity contribution is 5.97. The number of hydrogen-bond donors (Lipinski definition) is 1. The Morgan fingerprint density at radius 2 is 1.97 bits per heavy atom. The van der Waals surface area contributed by atoms with E-state index in [0.29, 0.717) is 41.4 Å². The van der Waals surface area contributed by atoms with Gasteiger partial charge in [-0.05, 0) is 40.6 Å². The van der Waals surface area contributed by atoms with Crippen LogP contribution >= 0.6 is 0 Å². The number of methoxy groups -OCH3 is 1. The van der Waals surface area contributed by atoms with Gasteiger partial charge in [0.2, 0.25) is 0 Å². The summed E-state index contributed by atoms with van der Waals surface area (Å²) in [5.74, 6) is 1.22. The van der Waals surface area contributed by atoms with E-state index in [4.69, 9.17) is 14.2 Å². The van der Waals surface area contributed by atoms with Gasteiger partial charge in [0.1, 0.15) is 12.4 Å². The van der Waals surface area contributed by atoms with Crippen LogP contribution in [0.3, 0.4) is 0 Å². The van der Waals surface area contributed by atoms with E-state index in [-0.39, 0.29) is 0 Å². The van der Waals surface area contributed by atoms with Gasteiger partial charge < -0.3 is 19.5 Å². The second kappa shape index (κ2) is 11.6. The zero-order valence-corrected chi connectivity index (χ0v) is 20.6. The summed E-state index contributed by atoms with van der Waals surface area (Å²) in [6, 6.07) is 13.9. The summed E-state index contributed by atoms with van der Waals surface area (Å²) >= 11 is 0. The second-order valence-corrected chi connectivity index (χ2v) is 8.66. The lowest BCUT2D eigenvalue weighted by molar-refractivity contribution is 0.0357. The van der Waals surface area contributed by atoms with Gasteiger partial charge in [0.05, 0.1) is 50.2 Å². The van der Waals surface area contributed by atoms with E-state index >= 15 is 0 Å². The average Bonchev–Trinajstić information content (AvgIpc) is 3.45. The first-order valence-electron chi connectivity index (χ1n) is 12.1. The number of nitriles is 1. The summed E-state index contributed by atoms with van der Waals surface area (Å²) in [4.78, 5) is 6.89. The Morgan fingerprint density at radius 1 is 1.14 bits per heavy atom. The van der Waals surface area contributed by atoms with E-state index in [1.807, 2.05) is 36.4 Å². The molecule has 0 saturated carbocycles. The highest BCUT2D eigenvalue weighted by Gasteiger charge is 2.15. The summed E-state index contributed by atoms with van der Waals surface area (Å²) in [5.41, 5.74) is 3.70. The first kappa shape index (κ1) is 24.4. The number of rotatable bonds is 10. The molecule has 0 spiro atoms. The third-order valence-corrected chi connectivity index (χ3v) is 6.21. The highest BCUT2D eigenvalue weighted by atomic mass is 16.5. The number of anilines is 2. The molecule has 1 saturated heterocycles. The van der Waals surface area contributed by atoms with Crippen molar-refractivity contribution >= 4 is 22.3 Å². The minimum atomic E-state index is 0.437. The fourth-order valence-corrected chi connectivity index (χ4v) is 4.26. The normalized spacial score (nSPS) is 13.8. The smallest absolute Gasteiger partial charge is 0.163 e. The van der Waals surface area contributed by atoms with Crippen LogP contribution in [0.25, 0.3) is 10.9 Å². The second-order valence-electron chi connectivity index (χ2n) is 8.66. The maximum absolute atomic E-state index is 9.76. The number of fused-ring (bicyclic) bond motifs is 1. The van der Waals surface area contributed by atoms with Crippen molar-refractivity contribution in [2.45, 2.75) is 13.0 Å². The van der Waals surface area contributed by atoms with Gasteiger partial charge in [0.25, 0.3) is 0 Å². The molecule has 3 heterocycles. The van der Waals surface area contributed by atoms with Crippen LogP contribution < -0.4 is 14.8 Å². The lowest BCUT2D eigenvalue weighted by Gasteiger charge is -2.26. The molecular formula is C26H28N8O3. The number of morpholine rings is 1. The van der Waals surface area contributed by atoms with Crippen molar-refractivity contribution in [3.05, 3.63) is 60.0 Å². The topological polar surface area (TPSA) is 123 Å². The Bertz CT molecular complexity index is 1360. The third kappa shape index (κ3) is 5.94. The van der Waals surface area contributed by atoms with Crippen molar-refractivity contribution < 1.29 is 14.2 Å². The largest absolute Gasteiger partial charge is 0.493 e. The molecule has 0 bridgehead atoms. The first-order chi connectivity index (χ1) is 18.2. The number of tetrazole rings is 1. The maximum Gasteiger partial charge on any atom is 0.163 e. The number of nitrogens with zero attached hydrogens (tertiary/aromatic N) is 7. The maximum atomic E-state index is 9.76. The van der Waals surface area contributed by atoms with Crippen LogP contribution in [0.4, 0.5) is 11.4 Å². The number of aromatic nitrogens is 5. The fraction of sp³-hybridized carbons (Fsp3) is 0.346. The summed E-state index contributed by atoms with van der Waals surface area (Å²) in [5, 5.41) is 25.1. The molecule has 5 rings (SSSR count). The Labute approximate surface area is 214 Å². The van der Waals surface area contributed by atoms with Gasteiger partial charge in [-0.1, -0.05) is 12.1 Å². The summed E-state index contributed by atoms with van der Waals surface area (Å²) in [6.45, 7) is 5.60. The van der Waals surface area contributed by atoms with Crippen LogP contribution in [0.2, 0.25) is 0 Å². The Kier molecular flexibility index (Phi) is 7.69. The Balaban J connectivity index is 1.33. The molecule has 1 N–H and O–H groups in total. The molecule has 2 aromatic heterocycles. The number of benzene rings is 2. The Morgan fingerprint density at radius 3 is 2.70 bits per heavy atom. The zero-order valence-electron chi connectivity index (χ0n) is 20.6. The molecule has 1 fully saturated rings. The van der Waals surface area contributed by atoms with Gasteiger partial charge in [-0.15, -0.1) is 5.10 Å². The monoisotopic (exact) mass is 500 g/mol. The molecule has 0 aliphatic carbocycles. The molecule has 11 heteroatoms. The van der Waals surface area contributed by atoms with Crippen LogP contribution in [0.15, 0.2) is 48.9 Å². The third-order valence-electron chi connectivity index (χ3n) is 6.21. The van der Waals surface area contributed by atoms with Crippen molar-refractivity contribution in [3.63, 3.8) is 0 Å². The van der Waals surface area contributed by atoms with Gasteiger partial charge in [0, 0.05) is 43.0 Å². The SMILES string of the molecule is COc1cc2c(Nc3ccc(Cn4cnnn4)cc3)c(C#N)cnc2cc1OCCCN1CCOCC1. The molecule has 1 aliphatic rings. The quantitative estimate of drug-likeness (QED) is 0.325. The van der Waals surface area contributed by atoms with E-state index in [1.54, 1.807) is 24.3 Å². The molecule has 190 valence electrons. The molecular weight excluding hydrogens is 472 g/mol. The molecule has 1 aliphatic heterocycles. The molecule has 11 nitrogen and oxygen atoms in total. The molecule has 0 unspecified atom stereocenters. The average molecular weight is 501 g/mol. The predicted octanol–water partition coefficient (Wildman–Crippen LogP) is 2.99. The number of hydrogen-bond acceptors (Lipinski definition) is 10. The van der Waals surface area contributed by atoms with Crippen LogP contribution in [-0.4, -0.2) is 76.7 Å². The van der Waals surface area contributed by atoms with E-state index in [2.05, 4.69) is 36.8 Å². The van der Waals surface area contributed by atoms with E-state index in [9.17, 15) is 5.26 Å². The predicted molar refractivity (Wildman–Crippen MR) is 137 cm³/mol. The van der Waals surface area contributed by atoms with Gasteiger partial charge >= 0.3 is 0 Å². The molecule has 0 atom stereocenters. The van der Waals surface area contributed by atoms with Crippen LogP contribution in [0.5, 0.6) is 11.5 Å². The minimum absolute atomic E-state index is 0.437. The van der Waals surface area contributed by atoms with Crippen molar-refractivity contribution in [3.8, 4) is 17.6 Å². The van der Waals surface area contributed by atoms with Crippen LogP contribution in [0.1, 0.15) is 17.5 Å². The molecule has 0 amide bonds. The number of pyridine rings is 1. The number of ether oxygens (including phenoxy) is 3. The minimum Gasteiger partial charge on any atom is -0.493 e. The van der Waals surface area contributed by atoms with Gasteiger partial charge in [-0.25, -0.2) is 4.68 Å². The van der Waals surface area contributed by atoms with E-state index in [0.717, 1.165) is 55.9 Å². The zero-order chi connectivity index (χ0) is 25.5. The highest BCUT2D eigenvalue weighted by Crippen LogP contribution is 2.37. The summed E-state index contributed by atoms with van der Waals surface area (Å²) < 4.78 is 18.8. The molecule has 37 heavy (non-hydrogen) atoms. The molecule has 4 aromatic rings. The molecule has 2 aromatic carbocycles. The summed E-state index contributed by atoms with van der Waals surface area (Å²) in [6.07, 6.45) is 4.05. The van der Waals surface area contributed by atoms with Crippen molar-refractivity contribution in [2.24, 2.45) is 0 Å². The van der Waals surface area contributed by atoms with Crippen LogP contribution in [0, 0.1) is 11.3 Å².